The number of methoxy groups -OCH3 is 1. The van der Waals surface area contributed by atoms with Gasteiger partial charge in [0.2, 0.25) is 0 Å². The minimum Gasteiger partial charge on any atom is -0.495 e. The maximum absolute atomic E-state index is 12.6. The van der Waals surface area contributed by atoms with Crippen LogP contribution in [-0.4, -0.2) is 33.0 Å². The van der Waals surface area contributed by atoms with Crippen molar-refractivity contribution in [2.75, 3.05) is 12.4 Å². The SMILES string of the molecule is COc1cc(Cl)c(C)cc1NC(=O)c1cc(-c2c(C)nn(C)c2C)n[nH]1. The van der Waals surface area contributed by atoms with Crippen molar-refractivity contribution < 1.29 is 9.53 Å². The third-order valence-electron chi connectivity index (χ3n) is 4.32. The number of halogens is 1. The van der Waals surface area contributed by atoms with Crippen molar-refractivity contribution in [1.82, 2.24) is 20.0 Å². The molecule has 0 fully saturated rings. The molecule has 0 spiro atoms. The zero-order chi connectivity index (χ0) is 19.0. The van der Waals surface area contributed by atoms with Crippen LogP contribution in [0.5, 0.6) is 5.75 Å². The average molecular weight is 374 g/mol. The predicted octanol–water partition coefficient (Wildman–Crippen LogP) is 3.65. The molecule has 1 aromatic carbocycles. The molecule has 136 valence electrons. The molecule has 3 aromatic rings. The minimum absolute atomic E-state index is 0.317. The molecule has 0 aliphatic heterocycles. The van der Waals surface area contributed by atoms with E-state index in [9.17, 15) is 4.79 Å². The summed E-state index contributed by atoms with van der Waals surface area (Å²) in [6.45, 7) is 5.74. The van der Waals surface area contributed by atoms with E-state index in [1.54, 1.807) is 22.9 Å². The minimum atomic E-state index is -0.317. The molecule has 0 saturated carbocycles. The fourth-order valence-corrected chi connectivity index (χ4v) is 2.98. The summed E-state index contributed by atoms with van der Waals surface area (Å²) in [4.78, 5) is 12.6. The molecule has 0 atom stereocenters. The van der Waals surface area contributed by atoms with Crippen LogP contribution in [0, 0.1) is 20.8 Å². The van der Waals surface area contributed by atoms with E-state index < -0.39 is 0 Å². The number of amides is 1. The molecular formula is C18H20ClN5O2. The summed E-state index contributed by atoms with van der Waals surface area (Å²) in [5, 5.41) is 14.8. The number of hydrogen-bond donors (Lipinski definition) is 2. The summed E-state index contributed by atoms with van der Waals surface area (Å²) in [6.07, 6.45) is 0. The Morgan fingerprint density at radius 3 is 2.62 bits per heavy atom. The molecular weight excluding hydrogens is 354 g/mol. The molecule has 2 N–H and O–H groups in total. The van der Waals surface area contributed by atoms with Gasteiger partial charge in [-0.15, -0.1) is 0 Å². The second-order valence-corrected chi connectivity index (χ2v) is 6.50. The summed E-state index contributed by atoms with van der Waals surface area (Å²) in [7, 11) is 3.40. The molecule has 2 heterocycles. The first-order valence-corrected chi connectivity index (χ1v) is 8.41. The number of carbonyl (C=O) groups excluding carboxylic acids is 1. The third-order valence-corrected chi connectivity index (χ3v) is 4.72. The van der Waals surface area contributed by atoms with Gasteiger partial charge >= 0.3 is 0 Å². The second kappa shape index (κ2) is 6.84. The fourth-order valence-electron chi connectivity index (χ4n) is 2.83. The summed E-state index contributed by atoms with van der Waals surface area (Å²) in [6, 6.07) is 5.15. The standard InChI is InChI=1S/C18H20ClN5O2/c1-9-6-13(16(26-5)7-12(9)19)20-18(25)15-8-14(21-22-15)17-10(2)23-24(4)11(17)3/h6-8H,1-5H3,(H,20,25)(H,21,22). The van der Waals surface area contributed by atoms with E-state index in [2.05, 4.69) is 20.6 Å². The van der Waals surface area contributed by atoms with Crippen LogP contribution < -0.4 is 10.1 Å². The number of carbonyl (C=O) groups is 1. The lowest BCUT2D eigenvalue weighted by atomic mass is 10.1. The van der Waals surface area contributed by atoms with Crippen molar-refractivity contribution in [2.45, 2.75) is 20.8 Å². The summed E-state index contributed by atoms with van der Waals surface area (Å²) in [5.41, 5.74) is 5.17. The van der Waals surface area contributed by atoms with Gasteiger partial charge in [-0.3, -0.25) is 14.6 Å². The van der Waals surface area contributed by atoms with E-state index in [-0.39, 0.29) is 5.91 Å². The van der Waals surface area contributed by atoms with Gasteiger partial charge < -0.3 is 10.1 Å². The lowest BCUT2D eigenvalue weighted by Crippen LogP contribution is -2.13. The number of benzene rings is 1. The first-order chi connectivity index (χ1) is 12.3. The zero-order valence-electron chi connectivity index (χ0n) is 15.3. The van der Waals surface area contributed by atoms with E-state index in [1.807, 2.05) is 27.8 Å². The molecule has 8 heteroatoms. The highest BCUT2D eigenvalue weighted by atomic mass is 35.5. The number of H-pyrrole nitrogens is 1. The largest absolute Gasteiger partial charge is 0.495 e. The van der Waals surface area contributed by atoms with Gasteiger partial charge in [0.15, 0.2) is 0 Å². The van der Waals surface area contributed by atoms with Gasteiger partial charge in [0, 0.05) is 29.4 Å². The molecule has 3 rings (SSSR count). The topological polar surface area (TPSA) is 84.8 Å². The molecule has 7 nitrogen and oxygen atoms in total. The van der Waals surface area contributed by atoms with Gasteiger partial charge in [-0.25, -0.2) is 0 Å². The second-order valence-electron chi connectivity index (χ2n) is 6.09. The van der Waals surface area contributed by atoms with Crippen LogP contribution in [0.25, 0.3) is 11.3 Å². The summed E-state index contributed by atoms with van der Waals surface area (Å²) < 4.78 is 7.08. The molecule has 0 unspecified atom stereocenters. The number of aromatic nitrogens is 4. The first-order valence-electron chi connectivity index (χ1n) is 8.03. The third kappa shape index (κ3) is 3.17. The smallest absolute Gasteiger partial charge is 0.273 e. The van der Waals surface area contributed by atoms with Crippen molar-refractivity contribution >= 4 is 23.2 Å². The van der Waals surface area contributed by atoms with Crippen LogP contribution in [0.15, 0.2) is 18.2 Å². The van der Waals surface area contributed by atoms with Gasteiger partial charge in [-0.1, -0.05) is 11.6 Å². The van der Waals surface area contributed by atoms with Crippen LogP contribution in [0.1, 0.15) is 27.4 Å². The van der Waals surface area contributed by atoms with Crippen molar-refractivity contribution in [1.29, 1.82) is 0 Å². The number of rotatable bonds is 4. The quantitative estimate of drug-likeness (QED) is 0.731. The summed E-state index contributed by atoms with van der Waals surface area (Å²) in [5.74, 6) is 0.176. The molecule has 0 bridgehead atoms. The van der Waals surface area contributed by atoms with Crippen LogP contribution in [0.4, 0.5) is 5.69 Å². The Hall–Kier alpha value is -2.80. The Bertz CT molecular complexity index is 990. The molecule has 2 aromatic heterocycles. The maximum atomic E-state index is 12.6. The molecule has 26 heavy (non-hydrogen) atoms. The highest BCUT2D eigenvalue weighted by Crippen LogP contribution is 2.31. The molecule has 0 aliphatic carbocycles. The number of ether oxygens (including phenoxy) is 1. The Morgan fingerprint density at radius 1 is 1.27 bits per heavy atom. The van der Waals surface area contributed by atoms with E-state index in [0.29, 0.717) is 27.8 Å². The number of hydrogen-bond acceptors (Lipinski definition) is 4. The highest BCUT2D eigenvalue weighted by molar-refractivity contribution is 6.31. The lowest BCUT2D eigenvalue weighted by molar-refractivity contribution is 0.102. The van der Waals surface area contributed by atoms with Gasteiger partial charge in [0.1, 0.15) is 11.4 Å². The van der Waals surface area contributed by atoms with Crippen LogP contribution in [-0.2, 0) is 7.05 Å². The fraction of sp³-hybridized carbons (Fsp3) is 0.278. The number of aromatic amines is 1. The molecule has 0 saturated heterocycles. The monoisotopic (exact) mass is 373 g/mol. The van der Waals surface area contributed by atoms with Gasteiger partial charge in [-0.2, -0.15) is 10.2 Å². The Labute approximate surface area is 156 Å². The molecule has 0 aliphatic rings. The van der Waals surface area contributed by atoms with E-state index >= 15 is 0 Å². The van der Waals surface area contributed by atoms with Crippen molar-refractivity contribution in [2.24, 2.45) is 7.05 Å². The van der Waals surface area contributed by atoms with Crippen LogP contribution in [0.3, 0.4) is 0 Å². The van der Waals surface area contributed by atoms with Gasteiger partial charge in [0.05, 0.1) is 24.2 Å². The Balaban J connectivity index is 1.89. The number of nitrogens with one attached hydrogen (secondary N) is 2. The van der Waals surface area contributed by atoms with E-state index in [4.69, 9.17) is 16.3 Å². The predicted molar refractivity (Wildman–Crippen MR) is 101 cm³/mol. The van der Waals surface area contributed by atoms with Crippen LogP contribution in [0.2, 0.25) is 5.02 Å². The molecule has 0 radical (unpaired) electrons. The number of nitrogens with zero attached hydrogens (tertiary/aromatic N) is 3. The number of aryl methyl sites for hydroxylation is 3. The normalized spacial score (nSPS) is 10.8. The zero-order valence-corrected chi connectivity index (χ0v) is 16.0. The van der Waals surface area contributed by atoms with Crippen molar-refractivity contribution in [3.05, 3.63) is 45.9 Å². The molecule has 1 amide bonds. The maximum Gasteiger partial charge on any atom is 0.273 e. The van der Waals surface area contributed by atoms with Gasteiger partial charge in [-0.05, 0) is 38.5 Å². The van der Waals surface area contributed by atoms with E-state index in [1.165, 1.54) is 7.11 Å². The van der Waals surface area contributed by atoms with E-state index in [0.717, 1.165) is 22.5 Å². The lowest BCUT2D eigenvalue weighted by Gasteiger charge is -2.11. The summed E-state index contributed by atoms with van der Waals surface area (Å²) >= 11 is 6.10. The highest BCUT2D eigenvalue weighted by Gasteiger charge is 2.18. The first kappa shape index (κ1) is 18.0. The average Bonchev–Trinajstić information content (AvgIpc) is 3.16. The van der Waals surface area contributed by atoms with Gasteiger partial charge in [0.25, 0.3) is 5.91 Å². The van der Waals surface area contributed by atoms with Crippen molar-refractivity contribution in [3.8, 4) is 17.0 Å². The van der Waals surface area contributed by atoms with Crippen LogP contribution >= 0.6 is 11.6 Å². The van der Waals surface area contributed by atoms with Crippen molar-refractivity contribution in [3.63, 3.8) is 0 Å². The number of anilines is 1. The Morgan fingerprint density at radius 2 is 2.00 bits per heavy atom. The Kier molecular flexibility index (Phi) is 4.73.